The van der Waals surface area contributed by atoms with Crippen molar-refractivity contribution < 1.29 is 5.21 Å². The SMILES string of the molecule is ONC1CCCC1. The maximum absolute atomic E-state index is 8.32. The van der Waals surface area contributed by atoms with E-state index < -0.39 is 0 Å². The average molecular weight is 101 g/mol. The van der Waals surface area contributed by atoms with Crippen LogP contribution in [0.2, 0.25) is 0 Å². The van der Waals surface area contributed by atoms with Gasteiger partial charge in [-0.15, -0.1) is 0 Å². The van der Waals surface area contributed by atoms with E-state index >= 15 is 0 Å². The Morgan fingerprint density at radius 3 is 2.14 bits per heavy atom. The second-order valence-electron chi connectivity index (χ2n) is 2.11. The van der Waals surface area contributed by atoms with Gasteiger partial charge in [-0.2, -0.15) is 0 Å². The number of hydrogen-bond donors (Lipinski definition) is 2. The molecule has 1 aliphatic rings. The number of rotatable bonds is 1. The van der Waals surface area contributed by atoms with E-state index in [1.54, 1.807) is 0 Å². The van der Waals surface area contributed by atoms with Crippen molar-refractivity contribution in [3.05, 3.63) is 0 Å². The van der Waals surface area contributed by atoms with Crippen LogP contribution in [-0.2, 0) is 0 Å². The van der Waals surface area contributed by atoms with Crippen LogP contribution in [0.5, 0.6) is 0 Å². The molecule has 0 aliphatic heterocycles. The zero-order valence-electron chi connectivity index (χ0n) is 4.35. The highest BCUT2D eigenvalue weighted by atomic mass is 16.5. The zero-order valence-corrected chi connectivity index (χ0v) is 4.35. The van der Waals surface area contributed by atoms with Crippen LogP contribution < -0.4 is 5.48 Å². The molecule has 0 unspecified atom stereocenters. The standard InChI is InChI=1S/C5H11NO/c7-6-5-3-1-2-4-5/h5-7H,1-4H2. The maximum atomic E-state index is 8.32. The van der Waals surface area contributed by atoms with Crippen LogP contribution in [0.4, 0.5) is 0 Å². The van der Waals surface area contributed by atoms with E-state index in [9.17, 15) is 0 Å². The summed E-state index contributed by atoms with van der Waals surface area (Å²) in [4.78, 5) is 0. The second kappa shape index (κ2) is 2.28. The van der Waals surface area contributed by atoms with Crippen molar-refractivity contribution in [2.45, 2.75) is 31.7 Å². The number of hydroxylamine groups is 1. The summed E-state index contributed by atoms with van der Waals surface area (Å²) in [6, 6.07) is 0.403. The summed E-state index contributed by atoms with van der Waals surface area (Å²) in [5.74, 6) is 0. The third kappa shape index (κ3) is 1.14. The average Bonchev–Trinajstić information content (AvgIpc) is 2.14. The Labute approximate surface area is 43.5 Å². The first-order chi connectivity index (χ1) is 3.43. The maximum Gasteiger partial charge on any atom is 0.0319 e. The first kappa shape index (κ1) is 5.06. The van der Waals surface area contributed by atoms with E-state index in [1.165, 1.54) is 12.8 Å². The summed E-state index contributed by atoms with van der Waals surface area (Å²) in [5, 5.41) is 8.32. The Hall–Kier alpha value is -0.0800. The molecule has 2 heteroatoms. The van der Waals surface area contributed by atoms with Gasteiger partial charge in [0.2, 0.25) is 0 Å². The molecule has 0 radical (unpaired) electrons. The topological polar surface area (TPSA) is 32.3 Å². The molecule has 1 fully saturated rings. The van der Waals surface area contributed by atoms with Crippen LogP contribution in [0.3, 0.4) is 0 Å². The third-order valence-electron chi connectivity index (χ3n) is 1.54. The number of nitrogens with one attached hydrogen (secondary N) is 1. The van der Waals surface area contributed by atoms with Gasteiger partial charge < -0.3 is 5.21 Å². The summed E-state index contributed by atoms with van der Waals surface area (Å²) in [6.07, 6.45) is 4.85. The van der Waals surface area contributed by atoms with Gasteiger partial charge in [0, 0.05) is 6.04 Å². The first-order valence-electron chi connectivity index (χ1n) is 2.83. The highest BCUT2D eigenvalue weighted by molar-refractivity contribution is 4.68. The van der Waals surface area contributed by atoms with Crippen molar-refractivity contribution >= 4 is 0 Å². The zero-order chi connectivity index (χ0) is 5.11. The molecule has 1 aliphatic carbocycles. The molecule has 2 nitrogen and oxygen atoms in total. The summed E-state index contributed by atoms with van der Waals surface area (Å²) < 4.78 is 0. The number of hydrogen-bond acceptors (Lipinski definition) is 2. The Bertz CT molecular complexity index is 50.0. The molecule has 0 bridgehead atoms. The van der Waals surface area contributed by atoms with E-state index in [2.05, 4.69) is 5.48 Å². The van der Waals surface area contributed by atoms with Crippen LogP contribution in [0.15, 0.2) is 0 Å². The molecule has 0 aromatic rings. The highest BCUT2D eigenvalue weighted by Gasteiger charge is 2.11. The molecule has 0 atom stereocenters. The van der Waals surface area contributed by atoms with Gasteiger partial charge in [-0.05, 0) is 12.8 Å². The molecule has 0 aromatic heterocycles. The third-order valence-corrected chi connectivity index (χ3v) is 1.54. The minimum absolute atomic E-state index is 0.403. The monoisotopic (exact) mass is 101 g/mol. The molecule has 0 amide bonds. The fourth-order valence-electron chi connectivity index (χ4n) is 1.05. The van der Waals surface area contributed by atoms with Gasteiger partial charge in [-0.25, -0.2) is 5.48 Å². The normalized spacial score (nSPS) is 23.6. The van der Waals surface area contributed by atoms with E-state index in [4.69, 9.17) is 5.21 Å². The van der Waals surface area contributed by atoms with Crippen molar-refractivity contribution in [1.82, 2.24) is 5.48 Å². The van der Waals surface area contributed by atoms with Crippen LogP contribution in [-0.4, -0.2) is 11.2 Å². The highest BCUT2D eigenvalue weighted by Crippen LogP contribution is 2.16. The summed E-state index contributed by atoms with van der Waals surface area (Å²) >= 11 is 0. The molecular formula is C5H11NO. The molecule has 0 heterocycles. The molecule has 2 N–H and O–H groups in total. The summed E-state index contributed by atoms with van der Waals surface area (Å²) in [6.45, 7) is 0. The minimum Gasteiger partial charge on any atom is -0.317 e. The second-order valence-corrected chi connectivity index (χ2v) is 2.11. The van der Waals surface area contributed by atoms with Crippen LogP contribution in [0.1, 0.15) is 25.7 Å². The predicted molar refractivity (Wildman–Crippen MR) is 27.2 cm³/mol. The molecular weight excluding hydrogens is 90.1 g/mol. The van der Waals surface area contributed by atoms with Crippen molar-refractivity contribution in [2.75, 3.05) is 0 Å². The minimum atomic E-state index is 0.403. The molecule has 0 saturated heterocycles. The molecule has 1 saturated carbocycles. The molecule has 7 heavy (non-hydrogen) atoms. The van der Waals surface area contributed by atoms with Gasteiger partial charge in [-0.3, -0.25) is 0 Å². The van der Waals surface area contributed by atoms with E-state index in [1.807, 2.05) is 0 Å². The molecule has 0 spiro atoms. The first-order valence-corrected chi connectivity index (χ1v) is 2.83. The largest absolute Gasteiger partial charge is 0.317 e. The van der Waals surface area contributed by atoms with Crippen molar-refractivity contribution in [3.8, 4) is 0 Å². The van der Waals surface area contributed by atoms with Crippen molar-refractivity contribution in [3.63, 3.8) is 0 Å². The van der Waals surface area contributed by atoms with Crippen molar-refractivity contribution in [1.29, 1.82) is 0 Å². The van der Waals surface area contributed by atoms with Crippen LogP contribution >= 0.6 is 0 Å². The van der Waals surface area contributed by atoms with E-state index in [0.717, 1.165) is 12.8 Å². The van der Waals surface area contributed by atoms with Crippen molar-refractivity contribution in [2.24, 2.45) is 0 Å². The molecule has 0 aromatic carbocycles. The molecule has 1 rings (SSSR count). The lowest BCUT2D eigenvalue weighted by molar-refractivity contribution is 0.128. The quantitative estimate of drug-likeness (QED) is 0.481. The van der Waals surface area contributed by atoms with Crippen LogP contribution in [0, 0.1) is 0 Å². The fourth-order valence-corrected chi connectivity index (χ4v) is 1.05. The fraction of sp³-hybridized carbons (Fsp3) is 1.00. The Morgan fingerprint density at radius 1 is 1.29 bits per heavy atom. The van der Waals surface area contributed by atoms with Gasteiger partial charge in [0.25, 0.3) is 0 Å². The predicted octanol–water partition coefficient (Wildman–Crippen LogP) is 0.908. The van der Waals surface area contributed by atoms with Gasteiger partial charge in [-0.1, -0.05) is 12.8 Å². The lowest BCUT2D eigenvalue weighted by atomic mass is 10.3. The lowest BCUT2D eigenvalue weighted by Crippen LogP contribution is -2.21. The Balaban J connectivity index is 2.14. The lowest BCUT2D eigenvalue weighted by Gasteiger charge is -2.01. The van der Waals surface area contributed by atoms with E-state index in [0.29, 0.717) is 6.04 Å². The van der Waals surface area contributed by atoms with Gasteiger partial charge in [0.05, 0.1) is 0 Å². The summed E-state index contributed by atoms with van der Waals surface area (Å²) in [5.41, 5.74) is 2.26. The van der Waals surface area contributed by atoms with Gasteiger partial charge in [0.1, 0.15) is 0 Å². The van der Waals surface area contributed by atoms with Gasteiger partial charge in [0.15, 0.2) is 0 Å². The smallest absolute Gasteiger partial charge is 0.0319 e. The van der Waals surface area contributed by atoms with Gasteiger partial charge >= 0.3 is 0 Å². The van der Waals surface area contributed by atoms with Crippen LogP contribution in [0.25, 0.3) is 0 Å². The van der Waals surface area contributed by atoms with E-state index in [-0.39, 0.29) is 0 Å². The Morgan fingerprint density at radius 2 is 1.86 bits per heavy atom. The Kier molecular flexibility index (Phi) is 1.65. The molecule has 42 valence electrons. The summed E-state index contributed by atoms with van der Waals surface area (Å²) in [7, 11) is 0.